The van der Waals surface area contributed by atoms with Crippen molar-refractivity contribution in [1.82, 2.24) is 9.80 Å². The second-order valence-corrected chi connectivity index (χ2v) is 4.11. The van der Waals surface area contributed by atoms with Gasteiger partial charge in [-0.3, -0.25) is 0 Å². The van der Waals surface area contributed by atoms with Crippen LogP contribution in [0.2, 0.25) is 0 Å². The van der Waals surface area contributed by atoms with Gasteiger partial charge in [0.25, 0.3) is 0 Å². The maximum Gasteiger partial charge on any atom is 0.0159 e. The first-order valence-electron chi connectivity index (χ1n) is 4.87. The third-order valence-electron chi connectivity index (χ3n) is 2.53. The van der Waals surface area contributed by atoms with Crippen molar-refractivity contribution in [3.63, 3.8) is 0 Å². The molecule has 3 heteroatoms. The van der Waals surface area contributed by atoms with Crippen LogP contribution in [0.3, 0.4) is 0 Å². The van der Waals surface area contributed by atoms with Crippen LogP contribution in [0.15, 0.2) is 0 Å². The zero-order valence-electron chi connectivity index (χ0n) is 7.93. The number of alkyl halides is 1. The molecule has 1 rings (SSSR count). The molecule has 1 saturated heterocycles. The van der Waals surface area contributed by atoms with Gasteiger partial charge in [-0.2, -0.15) is 0 Å². The van der Waals surface area contributed by atoms with Gasteiger partial charge in [-0.1, -0.05) is 22.9 Å². The van der Waals surface area contributed by atoms with Gasteiger partial charge in [0, 0.05) is 25.0 Å². The first-order chi connectivity index (χ1) is 5.86. The van der Waals surface area contributed by atoms with Crippen molar-refractivity contribution in [2.45, 2.75) is 13.3 Å². The molecule has 0 aliphatic carbocycles. The average molecular weight is 235 g/mol. The molecule has 0 N–H and O–H groups in total. The van der Waals surface area contributed by atoms with Crippen molar-refractivity contribution < 1.29 is 0 Å². The average Bonchev–Trinajstić information content (AvgIpc) is 2.31. The molecular formula is C9H19BrN2. The molecule has 1 aliphatic rings. The van der Waals surface area contributed by atoms with E-state index < -0.39 is 0 Å². The number of rotatable bonds is 3. The van der Waals surface area contributed by atoms with Gasteiger partial charge in [0.15, 0.2) is 0 Å². The third-order valence-corrected chi connectivity index (χ3v) is 2.88. The summed E-state index contributed by atoms with van der Waals surface area (Å²) in [7, 11) is 0. The molecule has 0 bridgehead atoms. The first-order valence-corrected chi connectivity index (χ1v) is 5.99. The van der Waals surface area contributed by atoms with Gasteiger partial charge in [0.1, 0.15) is 0 Å². The van der Waals surface area contributed by atoms with E-state index in [2.05, 4.69) is 32.7 Å². The topological polar surface area (TPSA) is 6.48 Å². The van der Waals surface area contributed by atoms with Gasteiger partial charge in [-0.25, -0.2) is 0 Å². The minimum absolute atomic E-state index is 1.11. The lowest BCUT2D eigenvalue weighted by molar-refractivity contribution is 0.273. The predicted molar refractivity (Wildman–Crippen MR) is 57.0 cm³/mol. The fourth-order valence-corrected chi connectivity index (χ4v) is 2.19. The van der Waals surface area contributed by atoms with Crippen LogP contribution in [0, 0.1) is 0 Å². The van der Waals surface area contributed by atoms with E-state index >= 15 is 0 Å². The minimum atomic E-state index is 1.11. The van der Waals surface area contributed by atoms with Crippen molar-refractivity contribution in [2.24, 2.45) is 0 Å². The molecule has 1 fully saturated rings. The Labute approximate surface area is 84.0 Å². The van der Waals surface area contributed by atoms with Crippen LogP contribution >= 0.6 is 15.9 Å². The molecular weight excluding hydrogens is 216 g/mol. The Hall–Kier alpha value is 0.400. The van der Waals surface area contributed by atoms with E-state index in [4.69, 9.17) is 0 Å². The van der Waals surface area contributed by atoms with Gasteiger partial charge in [-0.05, 0) is 26.1 Å². The minimum Gasteiger partial charge on any atom is -0.302 e. The molecule has 1 aliphatic heterocycles. The largest absolute Gasteiger partial charge is 0.302 e. The highest BCUT2D eigenvalue weighted by Gasteiger charge is 2.11. The van der Waals surface area contributed by atoms with Crippen LogP contribution in [0.5, 0.6) is 0 Å². The fraction of sp³-hybridized carbons (Fsp3) is 1.00. The summed E-state index contributed by atoms with van der Waals surface area (Å²) in [5.41, 5.74) is 0. The molecule has 72 valence electrons. The molecule has 0 aromatic heterocycles. The summed E-state index contributed by atoms with van der Waals surface area (Å²) >= 11 is 3.49. The Kier molecular flexibility index (Phi) is 5.19. The Morgan fingerprint density at radius 3 is 2.42 bits per heavy atom. The summed E-state index contributed by atoms with van der Waals surface area (Å²) in [6.07, 6.45) is 1.33. The lowest BCUT2D eigenvalue weighted by Gasteiger charge is -2.19. The quantitative estimate of drug-likeness (QED) is 0.682. The molecule has 0 radical (unpaired) electrons. The summed E-state index contributed by atoms with van der Waals surface area (Å²) in [4.78, 5) is 5.08. The van der Waals surface area contributed by atoms with E-state index in [-0.39, 0.29) is 0 Å². The van der Waals surface area contributed by atoms with E-state index in [1.165, 1.54) is 45.7 Å². The van der Waals surface area contributed by atoms with Gasteiger partial charge in [-0.15, -0.1) is 0 Å². The molecule has 12 heavy (non-hydrogen) atoms. The lowest BCUT2D eigenvalue weighted by atomic mass is 10.4. The van der Waals surface area contributed by atoms with Crippen molar-refractivity contribution in [3.05, 3.63) is 0 Å². The Morgan fingerprint density at radius 2 is 1.75 bits per heavy atom. The monoisotopic (exact) mass is 234 g/mol. The molecule has 0 saturated carbocycles. The molecule has 0 unspecified atom stereocenters. The van der Waals surface area contributed by atoms with E-state index in [1.807, 2.05) is 0 Å². The molecule has 0 atom stereocenters. The number of nitrogens with zero attached hydrogens (tertiary/aromatic N) is 2. The van der Waals surface area contributed by atoms with Crippen LogP contribution < -0.4 is 0 Å². The molecule has 0 aromatic carbocycles. The second-order valence-electron chi connectivity index (χ2n) is 3.32. The highest BCUT2D eigenvalue weighted by Crippen LogP contribution is 2.02. The first kappa shape index (κ1) is 10.5. The number of hydrogen-bond acceptors (Lipinski definition) is 2. The zero-order chi connectivity index (χ0) is 8.81. The molecule has 2 nitrogen and oxygen atoms in total. The second kappa shape index (κ2) is 5.95. The maximum atomic E-state index is 3.49. The van der Waals surface area contributed by atoms with Gasteiger partial charge in [0.2, 0.25) is 0 Å². The Balaban J connectivity index is 2.24. The van der Waals surface area contributed by atoms with E-state index in [0.717, 1.165) is 5.33 Å². The van der Waals surface area contributed by atoms with Gasteiger partial charge >= 0.3 is 0 Å². The molecule has 0 amide bonds. The smallest absolute Gasteiger partial charge is 0.0159 e. The van der Waals surface area contributed by atoms with Crippen molar-refractivity contribution in [2.75, 3.05) is 44.6 Å². The van der Waals surface area contributed by atoms with Crippen molar-refractivity contribution in [1.29, 1.82) is 0 Å². The third kappa shape index (κ3) is 3.42. The normalized spacial score (nSPS) is 22.5. The molecule has 0 aromatic rings. The number of halogens is 1. The molecule has 0 spiro atoms. The number of hydrogen-bond donors (Lipinski definition) is 0. The summed E-state index contributed by atoms with van der Waals surface area (Å²) in [5, 5.41) is 1.11. The summed E-state index contributed by atoms with van der Waals surface area (Å²) in [5.74, 6) is 0. The van der Waals surface area contributed by atoms with Gasteiger partial charge in [0.05, 0.1) is 0 Å². The molecule has 1 heterocycles. The Morgan fingerprint density at radius 1 is 1.08 bits per heavy atom. The summed E-state index contributed by atoms with van der Waals surface area (Å²) < 4.78 is 0. The SMILES string of the molecule is CCN1CCCN(CCBr)CC1. The Bertz CT molecular complexity index is 119. The van der Waals surface area contributed by atoms with Crippen molar-refractivity contribution in [3.8, 4) is 0 Å². The number of likely N-dealkylation sites (N-methyl/N-ethyl adjacent to an activating group) is 1. The van der Waals surface area contributed by atoms with E-state index in [1.54, 1.807) is 0 Å². The van der Waals surface area contributed by atoms with Crippen LogP contribution in [0.1, 0.15) is 13.3 Å². The van der Waals surface area contributed by atoms with E-state index in [9.17, 15) is 0 Å². The van der Waals surface area contributed by atoms with Gasteiger partial charge < -0.3 is 9.80 Å². The summed E-state index contributed by atoms with van der Waals surface area (Å²) in [6, 6.07) is 0. The van der Waals surface area contributed by atoms with Crippen LogP contribution in [-0.4, -0.2) is 54.4 Å². The van der Waals surface area contributed by atoms with Crippen LogP contribution in [-0.2, 0) is 0 Å². The maximum absolute atomic E-state index is 3.49. The zero-order valence-corrected chi connectivity index (χ0v) is 9.52. The lowest BCUT2D eigenvalue weighted by Crippen LogP contribution is -2.31. The van der Waals surface area contributed by atoms with Crippen molar-refractivity contribution >= 4 is 15.9 Å². The highest BCUT2D eigenvalue weighted by molar-refractivity contribution is 9.09. The predicted octanol–water partition coefficient (Wildman–Crippen LogP) is 1.41. The van der Waals surface area contributed by atoms with Crippen LogP contribution in [0.4, 0.5) is 0 Å². The fourth-order valence-electron chi connectivity index (χ4n) is 1.68. The highest BCUT2D eigenvalue weighted by atomic mass is 79.9. The summed E-state index contributed by atoms with van der Waals surface area (Å²) in [6.45, 7) is 9.74. The van der Waals surface area contributed by atoms with Crippen LogP contribution in [0.25, 0.3) is 0 Å². The van der Waals surface area contributed by atoms with E-state index in [0.29, 0.717) is 0 Å². The standard InChI is InChI=1S/C9H19BrN2/c1-2-11-5-3-6-12(7-4-10)9-8-11/h2-9H2,1H3.